The Bertz CT molecular complexity index is 837. The van der Waals surface area contributed by atoms with E-state index < -0.39 is 22.4 Å². The highest BCUT2D eigenvalue weighted by molar-refractivity contribution is 7.86. The van der Waals surface area contributed by atoms with Crippen molar-refractivity contribution in [1.29, 1.82) is 0 Å². The third kappa shape index (κ3) is 6.15. The topological polar surface area (TPSA) is 105 Å². The molecule has 1 fully saturated rings. The number of nitrogens with zero attached hydrogens (tertiary/aromatic N) is 4. The van der Waals surface area contributed by atoms with Crippen LogP contribution in [0.3, 0.4) is 0 Å². The molecule has 1 aromatic rings. The number of fused-ring (bicyclic) bond motifs is 1. The fraction of sp³-hybridized carbons (Fsp3) is 0.765. The molecule has 0 radical (unpaired) electrons. The fourth-order valence-corrected chi connectivity index (χ4v) is 4.24. The number of aliphatic carboxylic acids is 1. The first-order valence-corrected chi connectivity index (χ1v) is 10.9. The van der Waals surface area contributed by atoms with Gasteiger partial charge in [0, 0.05) is 57.5 Å². The normalized spacial score (nSPS) is 19.9. The Labute approximate surface area is 173 Å². The number of carboxylic acid groups (broad SMARTS) is 1. The molecular weight excluding hydrogens is 429 g/mol. The number of alkyl halides is 3. The minimum Gasteiger partial charge on any atom is -0.475 e. The zero-order chi connectivity index (χ0) is 22.7. The Morgan fingerprint density at radius 2 is 1.97 bits per heavy atom. The SMILES string of the molecule is CCOCC1CN(S(=O)(=O)N(C)C)Cc2cnn(CC3CC3)c21.O=C(O)C(F)(F)F. The predicted octanol–water partition coefficient (Wildman–Crippen LogP) is 1.67. The third-order valence-corrected chi connectivity index (χ3v) is 6.65. The molecule has 0 saturated heterocycles. The lowest BCUT2D eigenvalue weighted by Gasteiger charge is -2.34. The van der Waals surface area contributed by atoms with Crippen molar-refractivity contribution in [2.45, 2.75) is 44.9 Å². The van der Waals surface area contributed by atoms with Crippen molar-refractivity contribution in [2.24, 2.45) is 5.92 Å². The van der Waals surface area contributed by atoms with Crippen LogP contribution >= 0.6 is 0 Å². The summed E-state index contributed by atoms with van der Waals surface area (Å²) in [5.41, 5.74) is 2.17. The molecule has 0 spiro atoms. The van der Waals surface area contributed by atoms with E-state index in [9.17, 15) is 21.6 Å². The van der Waals surface area contributed by atoms with Gasteiger partial charge in [0.05, 0.1) is 12.8 Å². The lowest BCUT2D eigenvalue weighted by Crippen LogP contribution is -2.45. The van der Waals surface area contributed by atoms with Crippen molar-refractivity contribution in [3.8, 4) is 0 Å². The van der Waals surface area contributed by atoms with Crippen molar-refractivity contribution in [3.05, 3.63) is 17.5 Å². The summed E-state index contributed by atoms with van der Waals surface area (Å²) in [6, 6.07) is 0. The van der Waals surface area contributed by atoms with Crippen LogP contribution in [0.25, 0.3) is 0 Å². The Hall–Kier alpha value is -1.70. The van der Waals surface area contributed by atoms with E-state index in [-0.39, 0.29) is 5.92 Å². The molecule has 2 aliphatic rings. The monoisotopic (exact) mass is 456 g/mol. The van der Waals surface area contributed by atoms with E-state index in [0.29, 0.717) is 26.3 Å². The van der Waals surface area contributed by atoms with Gasteiger partial charge >= 0.3 is 12.1 Å². The lowest BCUT2D eigenvalue weighted by atomic mass is 9.98. The van der Waals surface area contributed by atoms with Crippen LogP contribution in [-0.4, -0.2) is 77.9 Å². The molecule has 30 heavy (non-hydrogen) atoms. The zero-order valence-electron chi connectivity index (χ0n) is 17.1. The number of rotatable bonds is 7. The number of aromatic nitrogens is 2. The van der Waals surface area contributed by atoms with Gasteiger partial charge in [-0.05, 0) is 25.7 Å². The average molecular weight is 456 g/mol. The second kappa shape index (κ2) is 9.62. The van der Waals surface area contributed by atoms with E-state index in [1.54, 1.807) is 14.1 Å². The highest BCUT2D eigenvalue weighted by Crippen LogP contribution is 2.35. The summed E-state index contributed by atoms with van der Waals surface area (Å²) in [7, 11) is -0.291. The maximum Gasteiger partial charge on any atom is 0.490 e. The van der Waals surface area contributed by atoms with Gasteiger partial charge in [0.25, 0.3) is 10.2 Å². The molecule has 1 aliphatic carbocycles. The van der Waals surface area contributed by atoms with E-state index in [1.807, 2.05) is 13.1 Å². The molecule has 2 heterocycles. The smallest absolute Gasteiger partial charge is 0.475 e. The van der Waals surface area contributed by atoms with Crippen LogP contribution in [0.2, 0.25) is 0 Å². The summed E-state index contributed by atoms with van der Waals surface area (Å²) < 4.78 is 67.2. The number of carboxylic acids is 1. The average Bonchev–Trinajstić information content (AvgIpc) is 3.37. The van der Waals surface area contributed by atoms with E-state index in [4.69, 9.17) is 14.6 Å². The van der Waals surface area contributed by atoms with Crippen LogP contribution in [-0.2, 0) is 32.8 Å². The first-order valence-electron chi connectivity index (χ1n) is 9.47. The van der Waals surface area contributed by atoms with Crippen molar-refractivity contribution in [1.82, 2.24) is 18.4 Å². The van der Waals surface area contributed by atoms with Crippen LogP contribution in [0.5, 0.6) is 0 Å². The Kier molecular flexibility index (Phi) is 7.88. The second-order valence-electron chi connectivity index (χ2n) is 7.42. The van der Waals surface area contributed by atoms with Gasteiger partial charge in [-0.3, -0.25) is 4.68 Å². The molecule has 1 N–H and O–H groups in total. The summed E-state index contributed by atoms with van der Waals surface area (Å²) in [5, 5.41) is 11.6. The van der Waals surface area contributed by atoms with Crippen LogP contribution in [0, 0.1) is 5.92 Å². The van der Waals surface area contributed by atoms with Gasteiger partial charge in [-0.15, -0.1) is 0 Å². The maximum absolute atomic E-state index is 12.5. The van der Waals surface area contributed by atoms with Crippen molar-refractivity contribution < 1.29 is 36.2 Å². The molecule has 1 aliphatic heterocycles. The van der Waals surface area contributed by atoms with E-state index in [1.165, 1.54) is 21.5 Å². The van der Waals surface area contributed by atoms with Crippen molar-refractivity contribution >= 4 is 16.2 Å². The second-order valence-corrected chi connectivity index (χ2v) is 9.56. The molecular formula is C17H27F3N4O5S. The minimum atomic E-state index is -5.08. The highest BCUT2D eigenvalue weighted by atomic mass is 32.2. The van der Waals surface area contributed by atoms with Crippen LogP contribution in [0.1, 0.15) is 36.9 Å². The molecule has 3 rings (SSSR count). The Morgan fingerprint density at radius 1 is 1.37 bits per heavy atom. The molecule has 0 aromatic carbocycles. The molecule has 172 valence electrons. The van der Waals surface area contributed by atoms with Gasteiger partial charge in [0.1, 0.15) is 0 Å². The minimum absolute atomic E-state index is 0.0367. The third-order valence-electron chi connectivity index (χ3n) is 4.80. The molecule has 1 aromatic heterocycles. The molecule has 1 atom stereocenters. The van der Waals surface area contributed by atoms with Crippen LogP contribution < -0.4 is 0 Å². The number of halogens is 3. The predicted molar refractivity (Wildman–Crippen MR) is 101 cm³/mol. The van der Waals surface area contributed by atoms with Gasteiger partial charge in [-0.1, -0.05) is 0 Å². The number of carbonyl (C=O) groups is 1. The standard InChI is InChI=1S/C15H26N4O3S.C2HF3O2/c1-4-22-11-14-10-18(23(20,21)17(2)3)9-13-7-16-19(15(13)14)8-12-5-6-12;3-2(4,5)1(6)7/h7,12,14H,4-6,8-11H2,1-3H3;(H,6,7). The van der Waals surface area contributed by atoms with Gasteiger partial charge in [-0.25, -0.2) is 4.79 Å². The quantitative estimate of drug-likeness (QED) is 0.669. The van der Waals surface area contributed by atoms with E-state index in [2.05, 4.69) is 9.78 Å². The first kappa shape index (κ1) is 24.6. The molecule has 0 amide bonds. The zero-order valence-corrected chi connectivity index (χ0v) is 17.9. The van der Waals surface area contributed by atoms with Crippen LogP contribution in [0.4, 0.5) is 13.2 Å². The molecule has 13 heteroatoms. The van der Waals surface area contributed by atoms with E-state index >= 15 is 0 Å². The molecule has 1 saturated carbocycles. The van der Waals surface area contributed by atoms with Crippen LogP contribution in [0.15, 0.2) is 6.20 Å². The van der Waals surface area contributed by atoms with Gasteiger partial charge < -0.3 is 9.84 Å². The maximum atomic E-state index is 12.5. The van der Waals surface area contributed by atoms with Gasteiger partial charge in [0.15, 0.2) is 0 Å². The van der Waals surface area contributed by atoms with Gasteiger partial charge in [0.2, 0.25) is 0 Å². The number of hydrogen-bond donors (Lipinski definition) is 1. The molecule has 1 unspecified atom stereocenters. The van der Waals surface area contributed by atoms with E-state index in [0.717, 1.165) is 23.7 Å². The first-order chi connectivity index (χ1) is 13.9. The van der Waals surface area contributed by atoms with Gasteiger partial charge in [-0.2, -0.15) is 35.3 Å². The molecule has 9 nitrogen and oxygen atoms in total. The van der Waals surface area contributed by atoms with Crippen molar-refractivity contribution in [3.63, 3.8) is 0 Å². The highest BCUT2D eigenvalue weighted by Gasteiger charge is 2.38. The fourth-order valence-electron chi connectivity index (χ4n) is 3.10. The summed E-state index contributed by atoms with van der Waals surface area (Å²) in [6.45, 7) is 4.90. The number of ether oxygens (including phenoxy) is 1. The summed E-state index contributed by atoms with van der Waals surface area (Å²) in [5.74, 6) is -1.99. The summed E-state index contributed by atoms with van der Waals surface area (Å²) >= 11 is 0. The summed E-state index contributed by atoms with van der Waals surface area (Å²) in [4.78, 5) is 8.90. The summed E-state index contributed by atoms with van der Waals surface area (Å²) in [6.07, 6.45) is -0.716. The van der Waals surface area contributed by atoms with Crippen molar-refractivity contribution in [2.75, 3.05) is 33.9 Å². The largest absolute Gasteiger partial charge is 0.490 e. The molecule has 0 bridgehead atoms. The lowest BCUT2D eigenvalue weighted by molar-refractivity contribution is -0.192. The number of hydrogen-bond acceptors (Lipinski definition) is 5. The Balaban J connectivity index is 0.000000396. The Morgan fingerprint density at radius 3 is 2.43 bits per heavy atom.